The van der Waals surface area contributed by atoms with Crippen molar-refractivity contribution in [1.82, 2.24) is 25.1 Å². The lowest BCUT2D eigenvalue weighted by molar-refractivity contribution is 0.0746. The normalized spacial score (nSPS) is 14.2. The minimum atomic E-state index is -0.00910. The van der Waals surface area contributed by atoms with Gasteiger partial charge in [0, 0.05) is 26.2 Å². The van der Waals surface area contributed by atoms with Crippen molar-refractivity contribution < 1.29 is 9.53 Å². The summed E-state index contributed by atoms with van der Waals surface area (Å²) >= 11 is 0. The summed E-state index contributed by atoms with van der Waals surface area (Å²) in [7, 11) is 1.68. The fourth-order valence-electron chi connectivity index (χ4n) is 3.51. The van der Waals surface area contributed by atoms with E-state index in [1.54, 1.807) is 11.8 Å². The van der Waals surface area contributed by atoms with Gasteiger partial charge in [-0.2, -0.15) is 4.68 Å². The second-order valence-corrected chi connectivity index (χ2v) is 6.61. The minimum absolute atomic E-state index is 0.00910. The van der Waals surface area contributed by atoms with Gasteiger partial charge in [-0.25, -0.2) is 0 Å². The molecule has 8 heteroatoms. The molecule has 2 heterocycles. The Labute approximate surface area is 163 Å². The number of aryl methyl sites for hydroxylation is 1. The smallest absolute Gasteiger partial charge is 0.256 e. The van der Waals surface area contributed by atoms with Crippen LogP contribution in [0.2, 0.25) is 0 Å². The summed E-state index contributed by atoms with van der Waals surface area (Å²) in [5.41, 5.74) is 2.35. The summed E-state index contributed by atoms with van der Waals surface area (Å²) in [6.45, 7) is 4.59. The maximum absolute atomic E-state index is 13.2. The number of methoxy groups -OCH3 is 1. The van der Waals surface area contributed by atoms with E-state index in [0.29, 0.717) is 30.2 Å². The molecule has 0 aliphatic carbocycles. The molecular weight excluding hydrogens is 356 g/mol. The molecule has 4 rings (SSSR count). The van der Waals surface area contributed by atoms with E-state index in [9.17, 15) is 4.79 Å². The molecule has 1 amide bonds. The Morgan fingerprint density at radius 2 is 1.64 bits per heavy atom. The van der Waals surface area contributed by atoms with E-state index >= 15 is 0 Å². The van der Waals surface area contributed by atoms with E-state index in [-0.39, 0.29) is 5.91 Å². The van der Waals surface area contributed by atoms with Gasteiger partial charge in [0.05, 0.1) is 24.0 Å². The summed E-state index contributed by atoms with van der Waals surface area (Å²) in [5.74, 6) is 1.48. The predicted molar refractivity (Wildman–Crippen MR) is 105 cm³/mol. The highest BCUT2D eigenvalue weighted by atomic mass is 16.5. The first-order chi connectivity index (χ1) is 13.7. The van der Waals surface area contributed by atoms with Crippen LogP contribution < -0.4 is 9.64 Å². The van der Waals surface area contributed by atoms with E-state index in [1.807, 2.05) is 60.4 Å². The highest BCUT2D eigenvalue weighted by Crippen LogP contribution is 2.28. The van der Waals surface area contributed by atoms with E-state index in [2.05, 4.69) is 20.4 Å². The van der Waals surface area contributed by atoms with Gasteiger partial charge in [-0.05, 0) is 41.6 Å². The van der Waals surface area contributed by atoms with E-state index in [1.165, 1.54) is 0 Å². The van der Waals surface area contributed by atoms with Gasteiger partial charge < -0.3 is 14.5 Å². The van der Waals surface area contributed by atoms with Gasteiger partial charge in [-0.1, -0.05) is 24.3 Å². The first-order valence-corrected chi connectivity index (χ1v) is 9.20. The average Bonchev–Trinajstić information content (AvgIpc) is 3.19. The van der Waals surface area contributed by atoms with Crippen LogP contribution in [0.25, 0.3) is 5.69 Å². The van der Waals surface area contributed by atoms with Crippen molar-refractivity contribution in [1.29, 1.82) is 0 Å². The Hall–Kier alpha value is -3.42. The zero-order valence-electron chi connectivity index (χ0n) is 15.9. The first-order valence-electron chi connectivity index (χ1n) is 9.20. The van der Waals surface area contributed by atoms with E-state index in [0.717, 1.165) is 24.5 Å². The Bertz CT molecular complexity index is 978. The van der Waals surface area contributed by atoms with Gasteiger partial charge in [-0.3, -0.25) is 4.79 Å². The lowest BCUT2D eigenvalue weighted by atomic mass is 10.1. The van der Waals surface area contributed by atoms with Crippen molar-refractivity contribution in [2.24, 2.45) is 0 Å². The number of hydrogen-bond donors (Lipinski definition) is 0. The number of ether oxygens (including phenoxy) is 1. The number of carbonyl (C=O) groups is 1. The maximum Gasteiger partial charge on any atom is 0.256 e. The fourth-order valence-corrected chi connectivity index (χ4v) is 3.51. The van der Waals surface area contributed by atoms with Crippen LogP contribution in [-0.2, 0) is 0 Å². The van der Waals surface area contributed by atoms with Crippen molar-refractivity contribution in [2.75, 3.05) is 38.2 Å². The second kappa shape index (κ2) is 7.67. The molecule has 0 radical (unpaired) electrons. The molecule has 0 spiro atoms. The number of benzene rings is 2. The molecule has 0 atom stereocenters. The van der Waals surface area contributed by atoms with Crippen molar-refractivity contribution in [2.45, 2.75) is 6.92 Å². The topological polar surface area (TPSA) is 76.4 Å². The number of aromatic nitrogens is 4. The maximum atomic E-state index is 13.2. The molecule has 1 aliphatic rings. The molecule has 8 nitrogen and oxygen atoms in total. The van der Waals surface area contributed by atoms with Gasteiger partial charge in [0.2, 0.25) is 0 Å². The van der Waals surface area contributed by atoms with Crippen LogP contribution >= 0.6 is 0 Å². The lowest BCUT2D eigenvalue weighted by Crippen LogP contribution is -2.49. The van der Waals surface area contributed by atoms with Crippen molar-refractivity contribution >= 4 is 11.6 Å². The molecular formula is C20H22N6O2. The number of amides is 1. The van der Waals surface area contributed by atoms with Crippen LogP contribution in [0, 0.1) is 6.92 Å². The number of hydrogen-bond acceptors (Lipinski definition) is 6. The zero-order valence-corrected chi connectivity index (χ0v) is 15.9. The number of carbonyl (C=O) groups excluding carboxylic acids is 1. The number of para-hydroxylation sites is 3. The Morgan fingerprint density at radius 3 is 2.32 bits per heavy atom. The number of rotatable bonds is 4. The van der Waals surface area contributed by atoms with Gasteiger partial charge in [0.25, 0.3) is 5.91 Å². The number of piperazine rings is 1. The van der Waals surface area contributed by atoms with E-state index in [4.69, 9.17) is 4.74 Å². The highest BCUT2D eigenvalue weighted by molar-refractivity contribution is 5.98. The standard InChI is InChI=1S/C20H22N6O2/c1-15-21-22-23-26(15)17-8-4-3-7-16(17)20(27)25-13-11-24(12-14-25)18-9-5-6-10-19(18)28-2/h3-10H,11-14H2,1-2H3. The third-order valence-electron chi connectivity index (χ3n) is 4.98. The number of anilines is 1. The summed E-state index contributed by atoms with van der Waals surface area (Å²) in [6, 6.07) is 15.4. The molecule has 1 fully saturated rings. The molecule has 3 aromatic rings. The largest absolute Gasteiger partial charge is 0.495 e. The highest BCUT2D eigenvalue weighted by Gasteiger charge is 2.25. The zero-order chi connectivity index (χ0) is 19.5. The van der Waals surface area contributed by atoms with Crippen LogP contribution in [0.15, 0.2) is 48.5 Å². The Kier molecular flexibility index (Phi) is 4.92. The van der Waals surface area contributed by atoms with Gasteiger partial charge in [0.1, 0.15) is 5.75 Å². The molecule has 1 aliphatic heterocycles. The molecule has 28 heavy (non-hydrogen) atoms. The molecule has 1 saturated heterocycles. The molecule has 0 bridgehead atoms. The quantitative estimate of drug-likeness (QED) is 0.691. The first kappa shape index (κ1) is 18.0. The molecule has 2 aromatic carbocycles. The van der Waals surface area contributed by atoms with Crippen LogP contribution in [0.1, 0.15) is 16.2 Å². The molecule has 0 unspecified atom stereocenters. The second-order valence-electron chi connectivity index (χ2n) is 6.61. The van der Waals surface area contributed by atoms with Crippen LogP contribution in [0.4, 0.5) is 5.69 Å². The lowest BCUT2D eigenvalue weighted by Gasteiger charge is -2.36. The van der Waals surface area contributed by atoms with Gasteiger partial charge in [0.15, 0.2) is 5.82 Å². The summed E-state index contributed by atoms with van der Waals surface area (Å²) in [4.78, 5) is 17.3. The summed E-state index contributed by atoms with van der Waals surface area (Å²) < 4.78 is 7.06. The Morgan fingerprint density at radius 1 is 0.964 bits per heavy atom. The van der Waals surface area contributed by atoms with Crippen molar-refractivity contribution in [3.05, 3.63) is 59.9 Å². The number of tetrazole rings is 1. The molecule has 0 N–H and O–H groups in total. The fraction of sp³-hybridized carbons (Fsp3) is 0.300. The summed E-state index contributed by atoms with van der Waals surface area (Å²) in [5, 5.41) is 11.6. The SMILES string of the molecule is COc1ccccc1N1CCN(C(=O)c2ccccc2-n2nnnc2C)CC1. The van der Waals surface area contributed by atoms with Crippen molar-refractivity contribution in [3.8, 4) is 11.4 Å². The monoisotopic (exact) mass is 378 g/mol. The van der Waals surface area contributed by atoms with Crippen LogP contribution in [0.3, 0.4) is 0 Å². The third kappa shape index (κ3) is 3.28. The minimum Gasteiger partial charge on any atom is -0.495 e. The van der Waals surface area contributed by atoms with E-state index < -0.39 is 0 Å². The molecule has 144 valence electrons. The van der Waals surface area contributed by atoms with Gasteiger partial charge in [-0.15, -0.1) is 5.10 Å². The number of nitrogens with zero attached hydrogens (tertiary/aromatic N) is 6. The van der Waals surface area contributed by atoms with Gasteiger partial charge >= 0.3 is 0 Å². The Balaban J connectivity index is 1.52. The van der Waals surface area contributed by atoms with Crippen molar-refractivity contribution in [3.63, 3.8) is 0 Å². The predicted octanol–water partition coefficient (Wildman–Crippen LogP) is 1.94. The van der Waals surface area contributed by atoms with Crippen LogP contribution in [0.5, 0.6) is 5.75 Å². The average molecular weight is 378 g/mol. The molecule has 1 aromatic heterocycles. The summed E-state index contributed by atoms with van der Waals surface area (Å²) in [6.07, 6.45) is 0. The van der Waals surface area contributed by atoms with Crippen LogP contribution in [-0.4, -0.2) is 64.3 Å². The molecule has 0 saturated carbocycles. The third-order valence-corrected chi connectivity index (χ3v) is 4.98.